The second-order valence-electron chi connectivity index (χ2n) is 6.84. The second-order valence-corrected chi connectivity index (χ2v) is 6.84. The molecule has 0 spiro atoms. The van der Waals surface area contributed by atoms with Crippen LogP contribution in [0.2, 0.25) is 0 Å². The van der Waals surface area contributed by atoms with E-state index >= 15 is 0 Å². The second kappa shape index (κ2) is 7.97. The van der Waals surface area contributed by atoms with Crippen molar-refractivity contribution in [1.82, 2.24) is 0 Å². The lowest BCUT2D eigenvalue weighted by molar-refractivity contribution is 0.0685. The number of hydrogen-bond acceptors (Lipinski definition) is 2. The van der Waals surface area contributed by atoms with Crippen molar-refractivity contribution in [3.63, 3.8) is 0 Å². The summed E-state index contributed by atoms with van der Waals surface area (Å²) < 4.78 is 0. The van der Waals surface area contributed by atoms with E-state index < -0.39 is 11.9 Å². The van der Waals surface area contributed by atoms with Crippen LogP contribution in [0.15, 0.2) is 48.5 Å². The van der Waals surface area contributed by atoms with E-state index in [-0.39, 0.29) is 5.41 Å². The lowest BCUT2D eigenvalue weighted by Gasteiger charge is -2.31. The maximum absolute atomic E-state index is 11.5. The van der Waals surface area contributed by atoms with E-state index in [9.17, 15) is 19.8 Å². The summed E-state index contributed by atoms with van der Waals surface area (Å²) >= 11 is 0. The van der Waals surface area contributed by atoms with Gasteiger partial charge in [-0.25, -0.2) is 9.59 Å². The maximum atomic E-state index is 11.5. The van der Waals surface area contributed by atoms with Crippen molar-refractivity contribution in [3.05, 3.63) is 70.8 Å². The average Bonchev–Trinajstić information content (AvgIpc) is 2.55. The Balaban J connectivity index is 2.37. The zero-order valence-corrected chi connectivity index (χ0v) is 14.7. The highest BCUT2D eigenvalue weighted by atomic mass is 16.4. The van der Waals surface area contributed by atoms with Crippen molar-refractivity contribution in [1.29, 1.82) is 0 Å². The van der Waals surface area contributed by atoms with Gasteiger partial charge in [-0.15, -0.1) is 0 Å². The minimum Gasteiger partial charge on any atom is -0.478 e. The monoisotopic (exact) mass is 340 g/mol. The van der Waals surface area contributed by atoms with Crippen LogP contribution in [0.5, 0.6) is 0 Å². The van der Waals surface area contributed by atoms with Gasteiger partial charge in [0.2, 0.25) is 0 Å². The molecule has 0 unspecified atom stereocenters. The molecule has 0 aliphatic carbocycles. The first-order valence-corrected chi connectivity index (χ1v) is 8.49. The molecular formula is C21H24O4. The summed E-state index contributed by atoms with van der Waals surface area (Å²) in [5, 5.41) is 18.8. The van der Waals surface area contributed by atoms with E-state index in [0.717, 1.165) is 24.0 Å². The molecule has 2 rings (SSSR count). The van der Waals surface area contributed by atoms with Crippen molar-refractivity contribution in [2.24, 2.45) is 5.41 Å². The third-order valence-corrected chi connectivity index (χ3v) is 4.58. The highest BCUT2D eigenvalue weighted by molar-refractivity contribution is 5.90. The van der Waals surface area contributed by atoms with E-state index in [4.69, 9.17) is 0 Å². The fraction of sp³-hybridized carbons (Fsp3) is 0.333. The van der Waals surface area contributed by atoms with Crippen molar-refractivity contribution in [3.8, 4) is 0 Å². The third-order valence-electron chi connectivity index (χ3n) is 4.58. The molecule has 4 heteroatoms. The van der Waals surface area contributed by atoms with Gasteiger partial charge in [0, 0.05) is 0 Å². The fourth-order valence-electron chi connectivity index (χ4n) is 3.53. The summed E-state index contributed by atoms with van der Waals surface area (Å²) in [5.41, 5.74) is 2.00. The van der Waals surface area contributed by atoms with Gasteiger partial charge in [0.05, 0.1) is 11.1 Å². The zero-order valence-electron chi connectivity index (χ0n) is 14.7. The van der Waals surface area contributed by atoms with Crippen LogP contribution in [-0.2, 0) is 12.8 Å². The molecule has 0 heterocycles. The lowest BCUT2D eigenvalue weighted by Crippen LogP contribution is -2.25. The molecule has 0 radical (unpaired) electrons. The Morgan fingerprint density at radius 2 is 1.24 bits per heavy atom. The predicted molar refractivity (Wildman–Crippen MR) is 97.2 cm³/mol. The first-order chi connectivity index (χ1) is 11.9. The number of carboxylic acid groups (broad SMARTS) is 2. The van der Waals surface area contributed by atoms with Gasteiger partial charge < -0.3 is 10.2 Å². The van der Waals surface area contributed by atoms with Crippen molar-refractivity contribution in [2.75, 3.05) is 0 Å². The molecule has 0 saturated carbocycles. The number of benzene rings is 2. The van der Waals surface area contributed by atoms with Gasteiger partial charge in [-0.05, 0) is 47.9 Å². The summed E-state index contributed by atoms with van der Waals surface area (Å²) in [6, 6.07) is 14.1. The van der Waals surface area contributed by atoms with Crippen LogP contribution in [0, 0.1) is 5.41 Å². The third kappa shape index (κ3) is 4.69. The van der Waals surface area contributed by atoms with Gasteiger partial charge in [-0.2, -0.15) is 0 Å². The number of hydrogen-bond donors (Lipinski definition) is 2. The molecule has 25 heavy (non-hydrogen) atoms. The van der Waals surface area contributed by atoms with E-state index in [0.29, 0.717) is 24.0 Å². The van der Waals surface area contributed by atoms with Gasteiger partial charge in [0.15, 0.2) is 0 Å². The van der Waals surface area contributed by atoms with Crippen LogP contribution in [0.1, 0.15) is 58.5 Å². The molecule has 0 aromatic heterocycles. The standard InChI is InChI=1S/C21H24O4/c1-3-12-21(2,13-15-8-4-6-10-17(15)19(22)23)14-16-9-5-7-11-18(16)20(24)25/h4-11H,3,12-14H2,1-2H3,(H,22,23)(H,24,25). The Kier molecular flexibility index (Phi) is 5.97. The van der Waals surface area contributed by atoms with Gasteiger partial charge in [0.25, 0.3) is 0 Å². The summed E-state index contributed by atoms with van der Waals surface area (Å²) in [6.45, 7) is 4.19. The lowest BCUT2D eigenvalue weighted by atomic mass is 9.74. The Morgan fingerprint density at radius 3 is 1.60 bits per heavy atom. The van der Waals surface area contributed by atoms with Gasteiger partial charge in [-0.1, -0.05) is 56.7 Å². The number of carbonyl (C=O) groups is 2. The molecule has 2 aromatic rings. The topological polar surface area (TPSA) is 74.6 Å². The minimum absolute atomic E-state index is 0.216. The molecule has 0 aliphatic rings. The van der Waals surface area contributed by atoms with Crippen LogP contribution in [0.25, 0.3) is 0 Å². The normalized spacial score (nSPS) is 11.3. The molecule has 0 fully saturated rings. The van der Waals surface area contributed by atoms with Crippen molar-refractivity contribution < 1.29 is 19.8 Å². The zero-order chi connectivity index (χ0) is 18.4. The molecule has 2 aromatic carbocycles. The van der Waals surface area contributed by atoms with Crippen LogP contribution < -0.4 is 0 Å². The first-order valence-electron chi connectivity index (χ1n) is 8.49. The molecule has 4 nitrogen and oxygen atoms in total. The number of rotatable bonds is 8. The summed E-state index contributed by atoms with van der Waals surface area (Å²) in [7, 11) is 0. The Bertz CT molecular complexity index is 704. The van der Waals surface area contributed by atoms with Gasteiger partial charge in [-0.3, -0.25) is 0 Å². The Labute approximate surface area is 148 Å². The summed E-state index contributed by atoms with van der Waals surface area (Å²) in [4.78, 5) is 23.0. The predicted octanol–water partition coefficient (Wildman–Crippen LogP) is 4.67. The van der Waals surface area contributed by atoms with Crippen molar-refractivity contribution >= 4 is 11.9 Å². The average molecular weight is 340 g/mol. The Morgan fingerprint density at radius 1 is 0.840 bits per heavy atom. The Hall–Kier alpha value is -2.62. The van der Waals surface area contributed by atoms with E-state index in [2.05, 4.69) is 13.8 Å². The van der Waals surface area contributed by atoms with Gasteiger partial charge in [0.1, 0.15) is 0 Å². The highest BCUT2D eigenvalue weighted by Crippen LogP contribution is 2.34. The van der Waals surface area contributed by atoms with Crippen LogP contribution >= 0.6 is 0 Å². The molecule has 2 N–H and O–H groups in total. The SMILES string of the molecule is CCCC(C)(Cc1ccccc1C(=O)O)Cc1ccccc1C(=O)O. The van der Waals surface area contributed by atoms with Crippen LogP contribution in [-0.4, -0.2) is 22.2 Å². The molecule has 0 atom stereocenters. The molecule has 132 valence electrons. The van der Waals surface area contributed by atoms with Crippen molar-refractivity contribution in [2.45, 2.75) is 39.5 Å². The van der Waals surface area contributed by atoms with E-state index in [1.165, 1.54) is 0 Å². The van der Waals surface area contributed by atoms with Gasteiger partial charge >= 0.3 is 11.9 Å². The molecule has 0 saturated heterocycles. The van der Waals surface area contributed by atoms with E-state index in [1.54, 1.807) is 24.3 Å². The molecule has 0 bridgehead atoms. The van der Waals surface area contributed by atoms with E-state index in [1.807, 2.05) is 24.3 Å². The summed E-state index contributed by atoms with van der Waals surface area (Å²) in [5.74, 6) is -1.86. The van der Waals surface area contributed by atoms with Crippen LogP contribution in [0.4, 0.5) is 0 Å². The number of aromatic carboxylic acids is 2. The fourth-order valence-corrected chi connectivity index (χ4v) is 3.53. The smallest absolute Gasteiger partial charge is 0.335 e. The van der Waals surface area contributed by atoms with Crippen LogP contribution in [0.3, 0.4) is 0 Å². The molecule has 0 aliphatic heterocycles. The molecular weight excluding hydrogens is 316 g/mol. The quantitative estimate of drug-likeness (QED) is 0.732. The maximum Gasteiger partial charge on any atom is 0.335 e. The summed E-state index contributed by atoms with van der Waals surface area (Å²) in [6.07, 6.45) is 3.02. The molecule has 0 amide bonds. The highest BCUT2D eigenvalue weighted by Gasteiger charge is 2.28. The minimum atomic E-state index is -0.930. The largest absolute Gasteiger partial charge is 0.478 e. The first kappa shape index (κ1) is 18.7. The number of carboxylic acids is 2.